The second kappa shape index (κ2) is 9.56. The van der Waals surface area contributed by atoms with Crippen LogP contribution < -0.4 is 10.7 Å². The quantitative estimate of drug-likeness (QED) is 0.151. The number of carbonyl (C=O) groups is 4. The van der Waals surface area contributed by atoms with E-state index in [1.165, 1.54) is 23.2 Å². The maximum absolute atomic E-state index is 12.8. The third-order valence-corrected chi connectivity index (χ3v) is 6.23. The van der Waals surface area contributed by atoms with Crippen LogP contribution >= 0.6 is 23.1 Å². The minimum absolute atomic E-state index is 0.0376. The van der Waals surface area contributed by atoms with Crippen LogP contribution in [0.25, 0.3) is 0 Å². The highest BCUT2D eigenvalue weighted by molar-refractivity contribution is 8.00. The van der Waals surface area contributed by atoms with Crippen molar-refractivity contribution in [3.05, 3.63) is 39.9 Å². The number of nitrogens with one attached hydrogen (secondary N) is 2. The van der Waals surface area contributed by atoms with Crippen LogP contribution in [0.3, 0.4) is 0 Å². The number of thiazole rings is 1. The molecule has 2 amide bonds. The summed E-state index contributed by atoms with van der Waals surface area (Å²) in [4.78, 5) is 67.6. The molecule has 16 heteroatoms. The van der Waals surface area contributed by atoms with Gasteiger partial charge in [-0.25, -0.2) is 20.0 Å². The van der Waals surface area contributed by atoms with Crippen molar-refractivity contribution in [2.45, 2.75) is 11.4 Å². The number of thioether (sulfide) groups is 1. The highest BCUT2D eigenvalue weighted by atomic mass is 32.2. The number of amides is 2. The first-order valence-electron chi connectivity index (χ1n) is 8.58. The van der Waals surface area contributed by atoms with Crippen molar-refractivity contribution in [2.75, 3.05) is 17.8 Å². The molecule has 0 bridgehead atoms. The molecule has 3 rings (SSSR count). The third kappa shape index (κ3) is 4.45. The van der Waals surface area contributed by atoms with Crippen molar-refractivity contribution in [1.82, 2.24) is 15.2 Å². The first-order chi connectivity index (χ1) is 15.3. The van der Waals surface area contributed by atoms with Crippen molar-refractivity contribution in [3.8, 4) is 0 Å². The Kier molecular flexibility index (Phi) is 6.84. The van der Waals surface area contributed by atoms with Gasteiger partial charge in [0.15, 0.2) is 5.71 Å². The Bertz CT molecular complexity index is 1070. The van der Waals surface area contributed by atoms with Gasteiger partial charge in [0.05, 0.1) is 5.29 Å². The maximum Gasteiger partial charge on any atom is 0.352 e. The summed E-state index contributed by atoms with van der Waals surface area (Å²) >= 11 is 2.15. The van der Waals surface area contributed by atoms with E-state index in [4.69, 9.17) is 5.11 Å². The fourth-order valence-electron chi connectivity index (χ4n) is 2.84. The SMILES string of the molecule is C=CC1=C(C(=O)O)N2C(=O)[C@@H](NC(=O)/C(=N\OCC(=O)O)c3csc(NN=O)n3)[C@H]2SC1. The Balaban J connectivity index is 1.81. The lowest BCUT2D eigenvalue weighted by molar-refractivity contribution is -0.150. The Morgan fingerprint density at radius 2 is 2.16 bits per heavy atom. The van der Waals surface area contributed by atoms with Crippen LogP contribution in [0.5, 0.6) is 0 Å². The van der Waals surface area contributed by atoms with Crippen LogP contribution in [-0.2, 0) is 24.0 Å². The summed E-state index contributed by atoms with van der Waals surface area (Å²) in [5.74, 6) is -3.93. The number of carbonyl (C=O) groups excluding carboxylic acids is 2. The molecule has 4 N–H and O–H groups in total. The first-order valence-corrected chi connectivity index (χ1v) is 10.5. The molecule has 2 aliphatic heterocycles. The Labute approximate surface area is 186 Å². The van der Waals surface area contributed by atoms with Crippen molar-refractivity contribution >= 4 is 57.7 Å². The highest BCUT2D eigenvalue weighted by Crippen LogP contribution is 2.40. The van der Waals surface area contributed by atoms with Crippen molar-refractivity contribution in [1.29, 1.82) is 0 Å². The standard InChI is InChI=1S/C16H14N6O8S2/c1-2-6-4-31-14-10(13(26)22(14)11(6)15(27)28)18-12(25)9(20-30-3-8(23)24)7-5-32-16(17-7)19-21-29/h2,5,10,14H,1,3-4H2,(H,18,25)(H,23,24)(H,27,28)(H,17,19,29)/b20-9-/t10-,14-/m1/s1. The zero-order valence-corrected chi connectivity index (χ0v) is 17.5. The Morgan fingerprint density at radius 3 is 2.78 bits per heavy atom. The molecule has 3 heterocycles. The molecule has 1 fully saturated rings. The number of hydrogen-bond donors (Lipinski definition) is 4. The van der Waals surface area contributed by atoms with Gasteiger partial charge in [0, 0.05) is 11.1 Å². The van der Waals surface area contributed by atoms with Crippen LogP contribution in [0.1, 0.15) is 5.69 Å². The van der Waals surface area contributed by atoms with Crippen LogP contribution in [0, 0.1) is 4.91 Å². The molecule has 1 aromatic rings. The number of carboxylic acid groups (broad SMARTS) is 2. The van der Waals surface area contributed by atoms with Crippen LogP contribution in [0.4, 0.5) is 5.13 Å². The number of aromatic nitrogens is 1. The normalized spacial score (nSPS) is 20.1. The summed E-state index contributed by atoms with van der Waals surface area (Å²) in [6.07, 6.45) is 1.36. The second-order valence-corrected chi connectivity index (χ2v) is 8.06. The monoisotopic (exact) mass is 482 g/mol. The first kappa shape index (κ1) is 22.9. The summed E-state index contributed by atoms with van der Waals surface area (Å²) in [5, 5.41) is 27.3. The molecular formula is C16H14N6O8S2. The number of β-lactam (4-membered cyclic amide) rings is 1. The molecule has 0 aliphatic carbocycles. The number of fused-ring (bicyclic) bond motifs is 1. The molecule has 0 aromatic carbocycles. The summed E-state index contributed by atoms with van der Waals surface area (Å²) < 4.78 is 0. The molecule has 2 atom stereocenters. The number of hydrogen-bond acceptors (Lipinski definition) is 11. The van der Waals surface area contributed by atoms with Gasteiger partial charge in [-0.15, -0.1) is 28.0 Å². The predicted octanol–water partition coefficient (Wildman–Crippen LogP) is -0.0337. The van der Waals surface area contributed by atoms with E-state index in [9.17, 15) is 29.2 Å². The summed E-state index contributed by atoms with van der Waals surface area (Å²) in [6, 6.07) is -1.06. The van der Waals surface area contributed by atoms with E-state index in [-0.39, 0.29) is 22.3 Å². The molecule has 14 nitrogen and oxygen atoms in total. The molecular weight excluding hydrogens is 468 g/mol. The second-order valence-electron chi connectivity index (χ2n) is 6.09. The molecule has 1 aromatic heterocycles. The zero-order chi connectivity index (χ0) is 23.4. The van der Waals surface area contributed by atoms with Gasteiger partial charge in [0.25, 0.3) is 11.8 Å². The van der Waals surface area contributed by atoms with Crippen LogP contribution in [-0.4, -0.2) is 73.3 Å². The maximum atomic E-state index is 12.8. The van der Waals surface area contributed by atoms with Crippen molar-refractivity contribution in [2.24, 2.45) is 10.4 Å². The molecule has 168 valence electrons. The van der Waals surface area contributed by atoms with E-state index in [1.807, 2.05) is 0 Å². The van der Waals surface area contributed by atoms with Crippen molar-refractivity contribution in [3.63, 3.8) is 0 Å². The Hall–Kier alpha value is -3.79. The van der Waals surface area contributed by atoms with Gasteiger partial charge in [-0.1, -0.05) is 17.8 Å². The van der Waals surface area contributed by atoms with Gasteiger partial charge in [0.1, 0.15) is 22.8 Å². The average molecular weight is 482 g/mol. The van der Waals surface area contributed by atoms with E-state index in [2.05, 4.69) is 37.6 Å². The van der Waals surface area contributed by atoms with Gasteiger partial charge < -0.3 is 20.4 Å². The van der Waals surface area contributed by atoms with Gasteiger partial charge >= 0.3 is 11.9 Å². The number of rotatable bonds is 10. The number of carboxylic acids is 2. The molecule has 0 spiro atoms. The molecule has 0 saturated carbocycles. The molecule has 0 unspecified atom stereocenters. The average Bonchev–Trinajstić information content (AvgIpc) is 3.21. The van der Waals surface area contributed by atoms with E-state index >= 15 is 0 Å². The van der Waals surface area contributed by atoms with Gasteiger partial charge in [0.2, 0.25) is 11.7 Å². The summed E-state index contributed by atoms with van der Waals surface area (Å²) in [5.41, 5.74) is 1.72. The summed E-state index contributed by atoms with van der Waals surface area (Å²) in [6.45, 7) is 2.72. The highest BCUT2D eigenvalue weighted by Gasteiger charge is 2.54. The number of oxime groups is 1. The molecule has 32 heavy (non-hydrogen) atoms. The molecule has 0 radical (unpaired) electrons. The summed E-state index contributed by atoms with van der Waals surface area (Å²) in [7, 11) is 0. The third-order valence-electron chi connectivity index (χ3n) is 4.18. The lowest BCUT2D eigenvalue weighted by atomic mass is 10.0. The number of nitroso groups, excluding NO2 is 1. The van der Waals surface area contributed by atoms with Crippen molar-refractivity contribution < 1.29 is 34.2 Å². The smallest absolute Gasteiger partial charge is 0.352 e. The van der Waals surface area contributed by atoms with Gasteiger partial charge in [-0.05, 0) is 5.57 Å². The minimum atomic E-state index is -1.34. The number of nitrogens with zero attached hydrogens (tertiary/aromatic N) is 4. The minimum Gasteiger partial charge on any atom is -0.479 e. The number of aliphatic carboxylic acids is 2. The lowest BCUT2D eigenvalue weighted by Gasteiger charge is -2.49. The molecule has 2 aliphatic rings. The fourth-order valence-corrected chi connectivity index (χ4v) is 4.81. The number of allylic oxidation sites excluding steroid dienone is 1. The number of anilines is 1. The zero-order valence-electron chi connectivity index (χ0n) is 15.9. The fraction of sp³-hybridized carbons (Fsp3) is 0.250. The topological polar surface area (TPSA) is 200 Å². The van der Waals surface area contributed by atoms with E-state index in [0.29, 0.717) is 5.57 Å². The van der Waals surface area contributed by atoms with E-state index in [1.54, 1.807) is 0 Å². The van der Waals surface area contributed by atoms with Crippen LogP contribution in [0.15, 0.2) is 39.7 Å². The van der Waals surface area contributed by atoms with Crippen LogP contribution in [0.2, 0.25) is 0 Å². The predicted molar refractivity (Wildman–Crippen MR) is 112 cm³/mol. The van der Waals surface area contributed by atoms with Gasteiger partial charge in [-0.3, -0.25) is 14.5 Å². The lowest BCUT2D eigenvalue weighted by Crippen LogP contribution is -2.71. The Morgan fingerprint density at radius 1 is 1.41 bits per heavy atom. The largest absolute Gasteiger partial charge is 0.479 e. The van der Waals surface area contributed by atoms with Gasteiger partial charge in [-0.2, -0.15) is 0 Å². The van der Waals surface area contributed by atoms with E-state index in [0.717, 1.165) is 16.2 Å². The van der Waals surface area contributed by atoms with E-state index < -0.39 is 47.5 Å². The molecule has 1 saturated heterocycles.